The largest absolute Gasteiger partial charge is 0.478 e. The van der Waals surface area contributed by atoms with Crippen molar-refractivity contribution in [1.82, 2.24) is 0 Å². The van der Waals surface area contributed by atoms with Gasteiger partial charge in [-0.3, -0.25) is 0 Å². The third-order valence-electron chi connectivity index (χ3n) is 3.43. The Labute approximate surface area is 129 Å². The van der Waals surface area contributed by atoms with Gasteiger partial charge in [0, 0.05) is 18.5 Å². The molecule has 4 heteroatoms. The van der Waals surface area contributed by atoms with Crippen LogP contribution < -0.4 is 4.90 Å². The van der Waals surface area contributed by atoms with Crippen LogP contribution in [0.5, 0.6) is 0 Å². The summed E-state index contributed by atoms with van der Waals surface area (Å²) in [6.07, 6.45) is 2.79. The second kappa shape index (κ2) is 7.18. The third-order valence-corrected chi connectivity index (χ3v) is 4.21. The Morgan fingerprint density at radius 1 is 1.14 bits per heavy atom. The molecule has 0 atom stereocenters. The van der Waals surface area contributed by atoms with Crippen LogP contribution in [-0.2, 0) is 6.42 Å². The van der Waals surface area contributed by atoms with Crippen molar-refractivity contribution < 1.29 is 9.90 Å². The topological polar surface area (TPSA) is 40.5 Å². The van der Waals surface area contributed by atoms with E-state index in [1.807, 2.05) is 54.6 Å². The first-order valence-corrected chi connectivity index (χ1v) is 8.01. The van der Waals surface area contributed by atoms with Gasteiger partial charge in [0.1, 0.15) is 0 Å². The van der Waals surface area contributed by atoms with Gasteiger partial charge in [-0.1, -0.05) is 36.4 Å². The molecule has 2 rings (SSSR count). The normalized spacial score (nSPS) is 10.4. The fourth-order valence-electron chi connectivity index (χ4n) is 2.28. The number of carboxylic acids is 1. The Kier molecular flexibility index (Phi) is 5.28. The summed E-state index contributed by atoms with van der Waals surface area (Å²) in [5, 5.41) is 9.47. The van der Waals surface area contributed by atoms with E-state index in [0.717, 1.165) is 23.5 Å². The lowest BCUT2D eigenvalue weighted by Crippen LogP contribution is -2.23. The average molecular weight is 301 g/mol. The molecular formula is C17H19NO2S. The van der Waals surface area contributed by atoms with Crippen LogP contribution in [0.4, 0.5) is 5.69 Å². The summed E-state index contributed by atoms with van der Waals surface area (Å²) in [6, 6.07) is 15.8. The number of benzene rings is 2. The first kappa shape index (κ1) is 15.4. The highest BCUT2D eigenvalue weighted by Crippen LogP contribution is 2.29. The Bertz CT molecular complexity index is 613. The highest BCUT2D eigenvalue weighted by atomic mass is 32.2. The average Bonchev–Trinajstić information content (AvgIpc) is 2.52. The number of anilines is 1. The molecule has 0 fully saturated rings. The second-order valence-corrected chi connectivity index (χ2v) is 5.66. The molecular weight excluding hydrogens is 282 g/mol. The van der Waals surface area contributed by atoms with E-state index in [4.69, 9.17) is 0 Å². The molecule has 110 valence electrons. The molecule has 0 saturated heterocycles. The molecule has 0 aromatic heterocycles. The number of aromatic carboxylic acids is 1. The van der Waals surface area contributed by atoms with Gasteiger partial charge in [-0.15, -0.1) is 11.8 Å². The number of nitrogens with zero attached hydrogens (tertiary/aromatic N) is 1. The number of rotatable bonds is 6. The van der Waals surface area contributed by atoms with E-state index in [9.17, 15) is 9.90 Å². The zero-order valence-electron chi connectivity index (χ0n) is 12.2. The van der Waals surface area contributed by atoms with E-state index in [2.05, 4.69) is 12.1 Å². The number of hydrogen-bond donors (Lipinski definition) is 1. The van der Waals surface area contributed by atoms with Crippen molar-refractivity contribution in [1.29, 1.82) is 0 Å². The smallest absolute Gasteiger partial charge is 0.338 e. The van der Waals surface area contributed by atoms with Crippen LogP contribution in [0.2, 0.25) is 0 Å². The van der Waals surface area contributed by atoms with E-state index >= 15 is 0 Å². The van der Waals surface area contributed by atoms with E-state index in [1.165, 1.54) is 17.3 Å². The molecule has 0 spiro atoms. The van der Waals surface area contributed by atoms with Gasteiger partial charge in [-0.05, 0) is 30.4 Å². The van der Waals surface area contributed by atoms with Crippen LogP contribution in [0.1, 0.15) is 15.9 Å². The molecule has 0 saturated carbocycles. The molecule has 3 nitrogen and oxygen atoms in total. The molecule has 1 N–H and O–H groups in total. The number of carbonyl (C=O) groups is 1. The minimum absolute atomic E-state index is 0.389. The van der Waals surface area contributed by atoms with Crippen LogP contribution >= 0.6 is 11.8 Å². The summed E-state index contributed by atoms with van der Waals surface area (Å²) >= 11 is 1.46. The summed E-state index contributed by atoms with van der Waals surface area (Å²) in [6.45, 7) is 0.780. The van der Waals surface area contributed by atoms with Crippen LogP contribution in [-0.4, -0.2) is 30.9 Å². The fraction of sp³-hybridized carbons (Fsp3) is 0.235. The zero-order valence-corrected chi connectivity index (χ0v) is 13.1. The maximum absolute atomic E-state index is 11.5. The van der Waals surface area contributed by atoms with Crippen LogP contribution in [0, 0.1) is 0 Å². The van der Waals surface area contributed by atoms with Gasteiger partial charge < -0.3 is 10.0 Å². The van der Waals surface area contributed by atoms with Crippen molar-refractivity contribution in [2.75, 3.05) is 24.7 Å². The quantitative estimate of drug-likeness (QED) is 0.824. The molecule has 0 heterocycles. The first-order valence-electron chi connectivity index (χ1n) is 6.79. The minimum Gasteiger partial charge on any atom is -0.478 e. The zero-order chi connectivity index (χ0) is 15.2. The molecule has 0 amide bonds. The number of hydrogen-bond acceptors (Lipinski definition) is 3. The first-order chi connectivity index (χ1) is 10.1. The predicted octanol–water partition coefficient (Wildman–Crippen LogP) is 3.79. The minimum atomic E-state index is -0.874. The van der Waals surface area contributed by atoms with E-state index in [0.29, 0.717) is 5.56 Å². The summed E-state index contributed by atoms with van der Waals surface area (Å²) in [4.78, 5) is 14.3. The lowest BCUT2D eigenvalue weighted by molar-refractivity contribution is 0.0694. The van der Waals surface area contributed by atoms with Gasteiger partial charge in [0.05, 0.1) is 11.3 Å². The second-order valence-electron chi connectivity index (χ2n) is 4.82. The summed E-state index contributed by atoms with van der Waals surface area (Å²) in [7, 11) is 1.94. The molecule has 0 unspecified atom stereocenters. The maximum Gasteiger partial charge on any atom is 0.338 e. The van der Waals surface area contributed by atoms with Crippen LogP contribution in [0.3, 0.4) is 0 Å². The molecule has 0 radical (unpaired) electrons. The summed E-state index contributed by atoms with van der Waals surface area (Å²) in [5.41, 5.74) is 2.41. The van der Waals surface area contributed by atoms with Gasteiger partial charge in [-0.25, -0.2) is 4.79 Å². The fourth-order valence-corrected chi connectivity index (χ4v) is 2.90. The molecule has 0 aliphatic rings. The van der Waals surface area contributed by atoms with E-state index in [1.54, 1.807) is 0 Å². The van der Waals surface area contributed by atoms with Crippen LogP contribution in [0.15, 0.2) is 53.4 Å². The lowest BCUT2D eigenvalue weighted by Gasteiger charge is -2.22. The molecule has 0 aliphatic carbocycles. The van der Waals surface area contributed by atoms with Crippen molar-refractivity contribution in [3.63, 3.8) is 0 Å². The van der Waals surface area contributed by atoms with Crippen molar-refractivity contribution >= 4 is 23.4 Å². The van der Waals surface area contributed by atoms with Gasteiger partial charge in [-0.2, -0.15) is 0 Å². The lowest BCUT2D eigenvalue weighted by atomic mass is 10.1. The van der Waals surface area contributed by atoms with Gasteiger partial charge in [0.25, 0.3) is 0 Å². The van der Waals surface area contributed by atoms with Gasteiger partial charge in [0.15, 0.2) is 0 Å². The maximum atomic E-state index is 11.5. The van der Waals surface area contributed by atoms with Crippen molar-refractivity contribution in [3.8, 4) is 0 Å². The summed E-state index contributed by atoms with van der Waals surface area (Å²) < 4.78 is 0. The monoisotopic (exact) mass is 301 g/mol. The van der Waals surface area contributed by atoms with Crippen molar-refractivity contribution in [2.24, 2.45) is 0 Å². The molecule has 21 heavy (non-hydrogen) atoms. The predicted molar refractivity (Wildman–Crippen MR) is 88.6 cm³/mol. The Balaban J connectivity index is 2.19. The molecule has 0 aliphatic heterocycles. The highest BCUT2D eigenvalue weighted by Gasteiger charge is 2.17. The van der Waals surface area contributed by atoms with Crippen molar-refractivity contribution in [2.45, 2.75) is 11.3 Å². The van der Waals surface area contributed by atoms with Gasteiger partial charge in [0.2, 0.25) is 0 Å². The van der Waals surface area contributed by atoms with E-state index in [-0.39, 0.29) is 0 Å². The number of likely N-dealkylation sites (N-methyl/N-ethyl adjacent to an activating group) is 1. The number of carboxylic acid groups (broad SMARTS) is 1. The summed E-state index contributed by atoms with van der Waals surface area (Å²) in [5.74, 6) is -0.874. The standard InChI is InChI=1S/C17H19NO2S/c1-18(12-11-13-7-4-3-5-8-13)14-9-6-10-15(21-2)16(14)17(19)20/h3-10H,11-12H2,1-2H3,(H,19,20). The number of thioether (sulfide) groups is 1. The SMILES string of the molecule is CSc1cccc(N(C)CCc2ccccc2)c1C(=O)O. The third kappa shape index (κ3) is 3.79. The highest BCUT2D eigenvalue weighted by molar-refractivity contribution is 7.98. The van der Waals surface area contributed by atoms with Crippen molar-refractivity contribution in [3.05, 3.63) is 59.7 Å². The van der Waals surface area contributed by atoms with Gasteiger partial charge >= 0.3 is 5.97 Å². The molecule has 2 aromatic rings. The molecule has 2 aromatic carbocycles. The Hall–Kier alpha value is -1.94. The Morgan fingerprint density at radius 3 is 2.48 bits per heavy atom. The van der Waals surface area contributed by atoms with Crippen LogP contribution in [0.25, 0.3) is 0 Å². The molecule has 0 bridgehead atoms. The van der Waals surface area contributed by atoms with E-state index < -0.39 is 5.97 Å². The Morgan fingerprint density at radius 2 is 1.86 bits per heavy atom.